The van der Waals surface area contributed by atoms with Gasteiger partial charge in [-0.25, -0.2) is 0 Å². The molecule has 0 fully saturated rings. The van der Waals surface area contributed by atoms with Crippen LogP contribution in [0.5, 0.6) is 0 Å². The van der Waals surface area contributed by atoms with E-state index in [9.17, 15) is 4.79 Å². The molecule has 0 saturated heterocycles. The number of pyridine rings is 1. The molecule has 8 nitrogen and oxygen atoms in total. The molecule has 5 aromatic rings. The molecular weight excluding hydrogens is 450 g/mol. The summed E-state index contributed by atoms with van der Waals surface area (Å²) < 4.78 is 3.44. The summed E-state index contributed by atoms with van der Waals surface area (Å²) >= 11 is 6.29. The minimum Gasteiger partial charge on any atom is -0.399 e. The third kappa shape index (κ3) is 3.48. The fraction of sp³-hybridized carbons (Fsp3) is 0.120. The number of hydrogen-bond acceptors (Lipinski definition) is 5. The molecular formula is C25H20ClN7O. The molecule has 0 bridgehead atoms. The standard InChI is InChI=1S/C25H20ClN7O/c26-17-3-9-23(32-14-28-30-31-32)20(13-17)16-11-19-6-10-24(33(19)25(34)12-16)22-8-7-21(29-22)15-1-4-18(27)5-2-15/h1-5,7-9,11-14,24,29H,6,10,27H2/t24-/m0/s1. The van der Waals surface area contributed by atoms with Crippen molar-refractivity contribution >= 4 is 17.3 Å². The quantitative estimate of drug-likeness (QED) is 0.382. The molecule has 0 amide bonds. The van der Waals surface area contributed by atoms with Crippen molar-refractivity contribution in [3.8, 4) is 28.1 Å². The van der Waals surface area contributed by atoms with Gasteiger partial charge in [0.25, 0.3) is 5.56 Å². The van der Waals surface area contributed by atoms with Crippen LogP contribution in [0.25, 0.3) is 28.1 Å². The molecule has 0 spiro atoms. The zero-order valence-corrected chi connectivity index (χ0v) is 18.8. The van der Waals surface area contributed by atoms with Crippen LogP contribution >= 0.6 is 11.6 Å². The van der Waals surface area contributed by atoms with Crippen LogP contribution in [0, 0.1) is 0 Å². The minimum atomic E-state index is -0.0544. The topological polar surface area (TPSA) is 107 Å². The average Bonchev–Trinajstić information content (AvgIpc) is 3.60. The van der Waals surface area contributed by atoms with Gasteiger partial charge in [-0.1, -0.05) is 23.7 Å². The first-order valence-corrected chi connectivity index (χ1v) is 11.3. The smallest absolute Gasteiger partial charge is 0.251 e. The number of tetrazole rings is 1. The number of hydrogen-bond donors (Lipinski definition) is 2. The van der Waals surface area contributed by atoms with Crippen molar-refractivity contribution in [3.05, 3.63) is 99.8 Å². The van der Waals surface area contributed by atoms with Crippen LogP contribution in [0.15, 0.2) is 77.9 Å². The molecule has 34 heavy (non-hydrogen) atoms. The Balaban J connectivity index is 1.39. The molecule has 6 rings (SSSR count). The third-order valence-electron chi connectivity index (χ3n) is 6.29. The Morgan fingerprint density at radius 3 is 2.65 bits per heavy atom. The molecule has 9 heteroatoms. The number of aryl methyl sites for hydroxylation is 1. The second-order valence-electron chi connectivity index (χ2n) is 8.36. The summed E-state index contributed by atoms with van der Waals surface area (Å²) in [6.07, 6.45) is 3.16. The van der Waals surface area contributed by atoms with Gasteiger partial charge in [0.15, 0.2) is 0 Å². The van der Waals surface area contributed by atoms with Crippen LogP contribution in [0.1, 0.15) is 23.9 Å². The van der Waals surface area contributed by atoms with Crippen molar-refractivity contribution in [3.63, 3.8) is 0 Å². The van der Waals surface area contributed by atoms with Gasteiger partial charge in [-0.2, -0.15) is 4.68 Å². The fourth-order valence-corrected chi connectivity index (χ4v) is 4.87. The minimum absolute atomic E-state index is 0.0440. The summed E-state index contributed by atoms with van der Waals surface area (Å²) in [5, 5.41) is 12.0. The van der Waals surface area contributed by atoms with Crippen molar-refractivity contribution < 1.29 is 0 Å². The molecule has 0 aliphatic carbocycles. The summed E-state index contributed by atoms with van der Waals surface area (Å²) in [6, 6.07) is 21.0. The Bertz CT molecular complexity index is 1550. The third-order valence-corrected chi connectivity index (χ3v) is 6.52. The molecule has 2 aromatic carbocycles. The predicted octanol–water partition coefficient (Wildman–Crippen LogP) is 4.26. The van der Waals surface area contributed by atoms with Crippen LogP contribution in [0.4, 0.5) is 5.69 Å². The number of H-pyrrole nitrogens is 1. The van der Waals surface area contributed by atoms with E-state index in [4.69, 9.17) is 17.3 Å². The maximum absolute atomic E-state index is 13.3. The number of anilines is 1. The molecule has 1 aliphatic rings. The second kappa shape index (κ2) is 8.00. The van der Waals surface area contributed by atoms with Gasteiger partial charge in [0.1, 0.15) is 6.33 Å². The van der Waals surface area contributed by atoms with E-state index in [1.807, 2.05) is 47.0 Å². The van der Waals surface area contributed by atoms with Gasteiger partial charge in [0.05, 0.1) is 11.7 Å². The maximum Gasteiger partial charge on any atom is 0.251 e. The fourth-order valence-electron chi connectivity index (χ4n) is 4.69. The second-order valence-corrected chi connectivity index (χ2v) is 8.80. The predicted molar refractivity (Wildman–Crippen MR) is 131 cm³/mol. The molecule has 0 unspecified atom stereocenters. The molecule has 1 atom stereocenters. The van der Waals surface area contributed by atoms with Gasteiger partial charge < -0.3 is 15.3 Å². The Kier molecular flexibility index (Phi) is 4.81. The van der Waals surface area contributed by atoms with Gasteiger partial charge >= 0.3 is 0 Å². The number of nitrogens with zero attached hydrogens (tertiary/aromatic N) is 5. The van der Waals surface area contributed by atoms with E-state index in [0.717, 1.165) is 58.0 Å². The number of nitrogens with two attached hydrogens (primary N) is 1. The maximum atomic E-state index is 13.3. The van der Waals surface area contributed by atoms with E-state index in [1.165, 1.54) is 6.33 Å². The first kappa shape index (κ1) is 20.4. The van der Waals surface area contributed by atoms with Crippen molar-refractivity contribution in [2.24, 2.45) is 0 Å². The van der Waals surface area contributed by atoms with E-state index in [1.54, 1.807) is 16.8 Å². The normalized spacial score (nSPS) is 14.9. The van der Waals surface area contributed by atoms with E-state index >= 15 is 0 Å². The number of aromatic amines is 1. The zero-order chi connectivity index (χ0) is 23.2. The first-order valence-electron chi connectivity index (χ1n) is 10.9. The number of nitrogens with one attached hydrogen (secondary N) is 1. The lowest BCUT2D eigenvalue weighted by Crippen LogP contribution is -2.23. The monoisotopic (exact) mass is 469 g/mol. The number of rotatable bonds is 4. The largest absolute Gasteiger partial charge is 0.399 e. The SMILES string of the molecule is Nc1ccc(-c2ccc([C@@H]3CCc4cc(-c5cc(Cl)ccc5-n5cnnn5)cc(=O)n43)[nH]2)cc1. The van der Waals surface area contributed by atoms with Crippen molar-refractivity contribution in [2.45, 2.75) is 18.9 Å². The van der Waals surface area contributed by atoms with Crippen LogP contribution in [0.3, 0.4) is 0 Å². The molecule has 168 valence electrons. The van der Waals surface area contributed by atoms with Gasteiger partial charge in [-0.15, -0.1) is 5.10 Å². The molecule has 3 aromatic heterocycles. The zero-order valence-electron chi connectivity index (χ0n) is 18.0. The lowest BCUT2D eigenvalue weighted by atomic mass is 10.0. The lowest BCUT2D eigenvalue weighted by Gasteiger charge is -2.15. The van der Waals surface area contributed by atoms with E-state index < -0.39 is 0 Å². The molecule has 3 N–H and O–H groups in total. The van der Waals surface area contributed by atoms with Crippen molar-refractivity contribution in [1.29, 1.82) is 0 Å². The number of halogens is 1. The Labute approximate surface area is 199 Å². The highest BCUT2D eigenvalue weighted by Crippen LogP contribution is 2.35. The molecule has 4 heterocycles. The molecule has 1 aliphatic heterocycles. The van der Waals surface area contributed by atoms with Gasteiger partial charge in [0, 0.05) is 39.4 Å². The van der Waals surface area contributed by atoms with E-state index in [-0.39, 0.29) is 11.6 Å². The molecule has 0 radical (unpaired) electrons. The summed E-state index contributed by atoms with van der Waals surface area (Å²) in [7, 11) is 0. The van der Waals surface area contributed by atoms with Crippen LogP contribution in [-0.2, 0) is 6.42 Å². The number of aromatic nitrogens is 6. The van der Waals surface area contributed by atoms with E-state index in [0.29, 0.717) is 5.02 Å². The lowest BCUT2D eigenvalue weighted by molar-refractivity contribution is 0.588. The summed E-state index contributed by atoms with van der Waals surface area (Å²) in [4.78, 5) is 16.8. The van der Waals surface area contributed by atoms with Crippen molar-refractivity contribution in [2.75, 3.05) is 5.73 Å². The van der Waals surface area contributed by atoms with Gasteiger partial charge in [-0.05, 0) is 82.9 Å². The Morgan fingerprint density at radius 2 is 1.85 bits per heavy atom. The van der Waals surface area contributed by atoms with Crippen LogP contribution in [0.2, 0.25) is 5.02 Å². The number of fused-ring (bicyclic) bond motifs is 1. The summed E-state index contributed by atoms with van der Waals surface area (Å²) in [6.45, 7) is 0. The number of nitrogen functional groups attached to an aromatic ring is 1. The number of benzene rings is 2. The highest BCUT2D eigenvalue weighted by molar-refractivity contribution is 6.31. The Morgan fingerprint density at radius 1 is 1.00 bits per heavy atom. The van der Waals surface area contributed by atoms with Crippen molar-refractivity contribution in [1.82, 2.24) is 29.8 Å². The van der Waals surface area contributed by atoms with Gasteiger partial charge in [0.2, 0.25) is 0 Å². The van der Waals surface area contributed by atoms with Gasteiger partial charge in [-0.3, -0.25) is 4.79 Å². The van der Waals surface area contributed by atoms with E-state index in [2.05, 4.69) is 32.6 Å². The first-order chi connectivity index (χ1) is 16.6. The highest BCUT2D eigenvalue weighted by atomic mass is 35.5. The highest BCUT2D eigenvalue weighted by Gasteiger charge is 2.27. The Hall–Kier alpha value is -4.17. The van der Waals surface area contributed by atoms with Crippen LogP contribution in [-0.4, -0.2) is 29.8 Å². The van der Waals surface area contributed by atoms with Crippen LogP contribution < -0.4 is 11.3 Å². The molecule has 0 saturated carbocycles. The summed E-state index contributed by atoms with van der Waals surface area (Å²) in [5.74, 6) is 0. The average molecular weight is 470 g/mol. The summed E-state index contributed by atoms with van der Waals surface area (Å²) in [5.41, 5.74) is 12.9.